The lowest BCUT2D eigenvalue weighted by Crippen LogP contribution is -2.46. The zero-order chi connectivity index (χ0) is 64.1. The van der Waals surface area contributed by atoms with Crippen LogP contribution in [0.15, 0.2) is 133 Å². The van der Waals surface area contributed by atoms with E-state index in [0.29, 0.717) is 125 Å². The Morgan fingerprint density at radius 3 is 0.889 bits per heavy atom. The maximum Gasteiger partial charge on any atom is 0.500 e. The zero-order valence-corrected chi connectivity index (χ0v) is 56.1. The SMILES string of the molecule is CCO[Si](CCCc1cc(OCCCCCCCCOc2ccc(C(=O)Oc3ccc(-c4ccc(OC(=O)c5ccc(OCCCCCCCCOc6ccc(O)c(CCC[Si](OCC)(OCC)OCC)c6)cc5)cc4)cc3)cc2)ccc1O)(OCC)OCC. The van der Waals surface area contributed by atoms with Crippen molar-refractivity contribution in [3.8, 4) is 57.1 Å². The molecule has 0 saturated carbocycles. The monoisotopic (exact) mass is 1270 g/mol. The summed E-state index contributed by atoms with van der Waals surface area (Å²) in [6.07, 6.45) is 15.4. The van der Waals surface area contributed by atoms with Crippen LogP contribution in [0.1, 0.15) is 163 Å². The number of rotatable bonds is 47. The minimum atomic E-state index is -2.73. The summed E-state index contributed by atoms with van der Waals surface area (Å²) in [6.45, 7) is 17.4. The lowest BCUT2D eigenvalue weighted by Gasteiger charge is -2.28. The van der Waals surface area contributed by atoms with Crippen molar-refractivity contribution in [1.29, 1.82) is 0 Å². The molecule has 0 bridgehead atoms. The standard InChI is InChI=1S/C72H98O16Si2/c1-7-81-89(82-8-2,83-9-3)53-25-27-61-55-67(45-47-69(61)73)79-51-23-19-15-13-17-21-49-77-63-37-33-59(34-38-63)71(75)87-65-41-29-57(30-42-65)58-31-43-66(44-32-58)88-72(76)60-35-39-64(40-36-60)78-50-22-18-14-16-20-24-52-80-68-46-48-70(74)62(56-68)28-26-54-90(84-10-4,85-11-5)86-12-6/h29-48,55-56,73-74H,7-28,49-54H2,1-6H3. The number of ether oxygens (including phenoxy) is 6. The van der Waals surface area contributed by atoms with E-state index in [0.717, 1.165) is 124 Å². The first kappa shape index (κ1) is 72.3. The van der Waals surface area contributed by atoms with Gasteiger partial charge in [0, 0.05) is 51.7 Å². The molecular formula is C72H98O16Si2. The number of carbonyl (C=O) groups is 2. The molecule has 0 aliphatic rings. The second-order valence-electron chi connectivity index (χ2n) is 21.8. The predicted octanol–water partition coefficient (Wildman–Crippen LogP) is 16.8. The van der Waals surface area contributed by atoms with Crippen LogP contribution in [0.5, 0.6) is 46.0 Å². The second kappa shape index (κ2) is 40.9. The molecule has 0 fully saturated rings. The Hall–Kier alpha value is -6.75. The quantitative estimate of drug-likeness (QED) is 0.0159. The largest absolute Gasteiger partial charge is 0.508 e. The molecule has 0 radical (unpaired) electrons. The maximum atomic E-state index is 13.0. The normalized spacial score (nSPS) is 11.6. The van der Waals surface area contributed by atoms with Crippen molar-refractivity contribution in [2.24, 2.45) is 0 Å². The van der Waals surface area contributed by atoms with Gasteiger partial charge >= 0.3 is 29.5 Å². The Kier molecular flexibility index (Phi) is 32.9. The molecule has 0 atom stereocenters. The first-order valence-electron chi connectivity index (χ1n) is 32.8. The molecule has 0 spiro atoms. The average Bonchev–Trinajstić information content (AvgIpc) is 3.09. The van der Waals surface area contributed by atoms with Gasteiger partial charge in [0.05, 0.1) is 37.6 Å². The van der Waals surface area contributed by atoms with Crippen LogP contribution in [-0.4, -0.2) is 106 Å². The molecular weight excluding hydrogens is 1180 g/mol. The van der Waals surface area contributed by atoms with E-state index in [9.17, 15) is 19.8 Å². The van der Waals surface area contributed by atoms with Crippen LogP contribution in [0.2, 0.25) is 12.1 Å². The van der Waals surface area contributed by atoms with E-state index in [1.54, 1.807) is 84.9 Å². The van der Waals surface area contributed by atoms with Crippen molar-refractivity contribution in [2.75, 3.05) is 66.1 Å². The molecule has 0 aromatic heterocycles. The maximum absolute atomic E-state index is 13.0. The van der Waals surface area contributed by atoms with Gasteiger partial charge in [0.2, 0.25) is 0 Å². The average molecular weight is 1280 g/mol. The van der Waals surface area contributed by atoms with Crippen LogP contribution in [0.25, 0.3) is 11.1 Å². The van der Waals surface area contributed by atoms with Crippen LogP contribution in [-0.2, 0) is 39.4 Å². The van der Waals surface area contributed by atoms with Gasteiger partial charge in [-0.3, -0.25) is 0 Å². The van der Waals surface area contributed by atoms with Crippen molar-refractivity contribution >= 4 is 29.5 Å². The minimum absolute atomic E-state index is 0.265. The van der Waals surface area contributed by atoms with Crippen molar-refractivity contribution in [1.82, 2.24) is 0 Å². The fourth-order valence-corrected chi connectivity index (χ4v) is 15.6. The van der Waals surface area contributed by atoms with Gasteiger partial charge in [-0.15, -0.1) is 0 Å². The summed E-state index contributed by atoms with van der Waals surface area (Å²) in [6, 6.07) is 40.8. The van der Waals surface area contributed by atoms with Gasteiger partial charge in [0.1, 0.15) is 46.0 Å². The van der Waals surface area contributed by atoms with Gasteiger partial charge in [0.25, 0.3) is 0 Å². The molecule has 18 heteroatoms. The fourth-order valence-electron chi connectivity index (χ4n) is 10.4. The summed E-state index contributed by atoms with van der Waals surface area (Å²) in [5, 5.41) is 21.0. The Bertz CT molecular complexity index is 2720. The third-order valence-electron chi connectivity index (χ3n) is 14.9. The van der Waals surface area contributed by atoms with Crippen molar-refractivity contribution in [2.45, 2.75) is 156 Å². The number of aromatic hydroxyl groups is 2. The predicted molar refractivity (Wildman–Crippen MR) is 356 cm³/mol. The number of aryl methyl sites for hydroxylation is 2. The van der Waals surface area contributed by atoms with Gasteiger partial charge in [-0.05, 0) is 224 Å². The molecule has 6 rings (SSSR count). The number of esters is 2. The van der Waals surface area contributed by atoms with E-state index in [1.165, 1.54) is 0 Å². The van der Waals surface area contributed by atoms with Gasteiger partial charge in [0.15, 0.2) is 0 Å². The highest BCUT2D eigenvalue weighted by atomic mass is 28.4. The molecule has 16 nitrogen and oxygen atoms in total. The number of unbranched alkanes of at least 4 members (excludes halogenated alkanes) is 10. The summed E-state index contributed by atoms with van der Waals surface area (Å²) in [7, 11) is -5.46. The molecule has 90 heavy (non-hydrogen) atoms. The molecule has 6 aromatic rings. The molecule has 0 amide bonds. The van der Waals surface area contributed by atoms with Crippen molar-refractivity contribution in [3.05, 3.63) is 156 Å². The van der Waals surface area contributed by atoms with E-state index >= 15 is 0 Å². The van der Waals surface area contributed by atoms with Crippen LogP contribution in [0.3, 0.4) is 0 Å². The van der Waals surface area contributed by atoms with Crippen LogP contribution >= 0.6 is 0 Å². The number of phenolic OH excluding ortho intramolecular Hbond substituents is 2. The van der Waals surface area contributed by atoms with Gasteiger partial charge < -0.3 is 65.2 Å². The van der Waals surface area contributed by atoms with E-state index < -0.39 is 29.5 Å². The fraction of sp³-hybridized carbons (Fsp3) is 0.472. The molecule has 0 heterocycles. The lowest BCUT2D eigenvalue weighted by atomic mass is 10.1. The third kappa shape index (κ3) is 25.5. The molecule has 0 saturated heterocycles. The summed E-state index contributed by atoms with van der Waals surface area (Å²) in [4.78, 5) is 26.0. The highest BCUT2D eigenvalue weighted by Gasteiger charge is 2.40. The number of phenols is 2. The molecule has 490 valence electrons. The van der Waals surface area contributed by atoms with E-state index in [2.05, 4.69) is 0 Å². The van der Waals surface area contributed by atoms with Gasteiger partial charge in [-0.1, -0.05) is 75.6 Å². The molecule has 0 aliphatic carbocycles. The summed E-state index contributed by atoms with van der Waals surface area (Å²) in [5.74, 6) is 3.37. The highest BCUT2D eigenvalue weighted by Crippen LogP contribution is 2.31. The van der Waals surface area contributed by atoms with Crippen molar-refractivity contribution in [3.63, 3.8) is 0 Å². The van der Waals surface area contributed by atoms with Gasteiger partial charge in [-0.25, -0.2) is 9.59 Å². The van der Waals surface area contributed by atoms with E-state index in [4.69, 9.17) is 55.0 Å². The molecule has 2 N–H and O–H groups in total. The van der Waals surface area contributed by atoms with Crippen molar-refractivity contribution < 1.29 is 74.8 Å². The first-order valence-corrected chi connectivity index (χ1v) is 36.6. The van der Waals surface area contributed by atoms with Gasteiger partial charge in [-0.2, -0.15) is 0 Å². The minimum Gasteiger partial charge on any atom is -0.508 e. The lowest BCUT2D eigenvalue weighted by molar-refractivity contribution is 0.0700. The van der Waals surface area contributed by atoms with E-state index in [-0.39, 0.29) is 11.5 Å². The Morgan fingerprint density at radius 1 is 0.322 bits per heavy atom. The second-order valence-corrected chi connectivity index (χ2v) is 27.2. The summed E-state index contributed by atoms with van der Waals surface area (Å²) < 4.78 is 71.2. The van der Waals surface area contributed by atoms with Crippen LogP contribution in [0.4, 0.5) is 0 Å². The Balaban J connectivity index is 0.778. The number of hydrogen-bond donors (Lipinski definition) is 2. The molecule has 0 unspecified atom stereocenters. The van der Waals surface area contributed by atoms with Crippen LogP contribution < -0.4 is 28.4 Å². The zero-order valence-electron chi connectivity index (χ0n) is 54.1. The third-order valence-corrected chi connectivity index (χ3v) is 21.2. The Morgan fingerprint density at radius 2 is 0.589 bits per heavy atom. The van der Waals surface area contributed by atoms with Crippen LogP contribution in [0, 0.1) is 0 Å². The number of carbonyl (C=O) groups excluding carboxylic acids is 2. The van der Waals surface area contributed by atoms with E-state index in [1.807, 2.05) is 90.1 Å². The smallest absolute Gasteiger partial charge is 0.500 e. The number of hydrogen-bond acceptors (Lipinski definition) is 16. The molecule has 0 aliphatic heterocycles. The summed E-state index contributed by atoms with van der Waals surface area (Å²) >= 11 is 0. The molecule has 6 aromatic carbocycles. The first-order chi connectivity index (χ1) is 43.9. The Labute approximate surface area is 537 Å². The number of benzene rings is 6. The topological polar surface area (TPSA) is 185 Å². The highest BCUT2D eigenvalue weighted by molar-refractivity contribution is 6.61. The summed E-state index contributed by atoms with van der Waals surface area (Å²) in [5.41, 5.74) is 4.35.